The van der Waals surface area contributed by atoms with Crippen molar-refractivity contribution in [3.05, 3.63) is 17.0 Å². The molecule has 2 rings (SSSR count). The second-order valence-corrected chi connectivity index (χ2v) is 4.49. The van der Waals surface area contributed by atoms with Crippen LogP contribution in [0.2, 0.25) is 5.28 Å². The average molecular weight is 255 g/mol. The maximum Gasteiger partial charge on any atom is 0.224 e. The van der Waals surface area contributed by atoms with Gasteiger partial charge in [-0.1, -0.05) is 0 Å². The van der Waals surface area contributed by atoms with Crippen LogP contribution in [0.15, 0.2) is 6.07 Å². The topological polar surface area (TPSA) is 66.9 Å². The number of rotatable bonds is 5. The monoisotopic (exact) mass is 254 g/mol. The van der Waals surface area contributed by atoms with E-state index in [1.807, 2.05) is 13.0 Å². The quantitative estimate of drug-likeness (QED) is 0.615. The maximum atomic E-state index is 11.3. The Morgan fingerprint density at radius 3 is 2.88 bits per heavy atom. The minimum atomic E-state index is 0.156. The zero-order valence-electron chi connectivity index (χ0n) is 9.66. The third-order valence-electron chi connectivity index (χ3n) is 2.51. The lowest BCUT2D eigenvalue weighted by Crippen LogP contribution is -2.29. The summed E-state index contributed by atoms with van der Waals surface area (Å²) < 4.78 is 0. The zero-order chi connectivity index (χ0) is 12.3. The Morgan fingerprint density at radius 1 is 1.47 bits per heavy atom. The number of hydrogen-bond donors (Lipinski definition) is 2. The van der Waals surface area contributed by atoms with Gasteiger partial charge in [0.15, 0.2) is 0 Å². The molecule has 0 aliphatic heterocycles. The summed E-state index contributed by atoms with van der Waals surface area (Å²) in [7, 11) is 0. The highest BCUT2D eigenvalue weighted by Crippen LogP contribution is 2.28. The van der Waals surface area contributed by atoms with E-state index in [1.165, 1.54) is 0 Å². The first-order valence-corrected chi connectivity index (χ1v) is 6.06. The predicted molar refractivity (Wildman–Crippen MR) is 66.0 cm³/mol. The van der Waals surface area contributed by atoms with Crippen molar-refractivity contribution in [1.29, 1.82) is 0 Å². The lowest BCUT2D eigenvalue weighted by atomic mass is 10.4. The number of anilines is 1. The van der Waals surface area contributed by atoms with Gasteiger partial charge in [0.25, 0.3) is 0 Å². The Bertz CT molecular complexity index is 400. The lowest BCUT2D eigenvalue weighted by molar-refractivity contribution is -0.122. The number of halogens is 1. The largest absolute Gasteiger partial charge is 0.368 e. The fourth-order valence-electron chi connectivity index (χ4n) is 1.49. The van der Waals surface area contributed by atoms with Gasteiger partial charge in [-0.3, -0.25) is 4.79 Å². The summed E-state index contributed by atoms with van der Waals surface area (Å²) in [5, 5.41) is 6.19. The molecule has 0 radical (unpaired) electrons. The van der Waals surface area contributed by atoms with Gasteiger partial charge >= 0.3 is 0 Å². The molecule has 0 unspecified atom stereocenters. The number of nitrogens with zero attached hydrogens (tertiary/aromatic N) is 2. The van der Waals surface area contributed by atoms with Crippen LogP contribution in [0.1, 0.15) is 18.5 Å². The number of aromatic nitrogens is 2. The third-order valence-corrected chi connectivity index (χ3v) is 2.67. The van der Waals surface area contributed by atoms with Gasteiger partial charge in [-0.25, -0.2) is 9.97 Å². The zero-order valence-corrected chi connectivity index (χ0v) is 10.4. The first-order chi connectivity index (χ1) is 8.15. The number of carbonyl (C=O) groups is 1. The van der Waals surface area contributed by atoms with Crippen molar-refractivity contribution in [1.82, 2.24) is 15.3 Å². The van der Waals surface area contributed by atoms with Gasteiger partial charge in [-0.15, -0.1) is 0 Å². The van der Waals surface area contributed by atoms with Crippen LogP contribution in [0.3, 0.4) is 0 Å². The van der Waals surface area contributed by atoms with Crippen molar-refractivity contribution in [2.24, 2.45) is 5.92 Å². The first kappa shape index (κ1) is 12.1. The van der Waals surface area contributed by atoms with E-state index in [2.05, 4.69) is 20.6 Å². The van der Waals surface area contributed by atoms with E-state index in [0.717, 1.165) is 18.5 Å². The van der Waals surface area contributed by atoms with Crippen LogP contribution in [0, 0.1) is 12.8 Å². The van der Waals surface area contributed by atoms with E-state index < -0.39 is 0 Å². The Balaban J connectivity index is 1.71. The van der Waals surface area contributed by atoms with Gasteiger partial charge in [-0.05, 0) is 31.4 Å². The summed E-state index contributed by atoms with van der Waals surface area (Å²) in [6.07, 6.45) is 2.06. The molecule has 17 heavy (non-hydrogen) atoms. The van der Waals surface area contributed by atoms with E-state index in [1.54, 1.807) is 0 Å². The molecule has 0 spiro atoms. The van der Waals surface area contributed by atoms with Crippen LogP contribution in [-0.4, -0.2) is 29.0 Å². The van der Waals surface area contributed by atoms with Crippen molar-refractivity contribution in [3.8, 4) is 0 Å². The number of amides is 1. The molecule has 0 aromatic carbocycles. The molecule has 1 aliphatic carbocycles. The number of hydrogen-bond acceptors (Lipinski definition) is 4. The van der Waals surface area contributed by atoms with E-state index >= 15 is 0 Å². The highest BCUT2D eigenvalue weighted by Gasteiger charge is 2.28. The fourth-order valence-corrected chi connectivity index (χ4v) is 1.71. The second-order valence-electron chi connectivity index (χ2n) is 4.16. The standard InChI is InChI=1S/C11H15ClN4O/c1-7-6-9(16-11(12)15-7)13-4-5-14-10(17)8-2-3-8/h6,8H,2-5H2,1H3,(H,14,17)(H,13,15,16). The minimum absolute atomic E-state index is 0.156. The minimum Gasteiger partial charge on any atom is -0.368 e. The van der Waals surface area contributed by atoms with Crippen LogP contribution in [0.5, 0.6) is 0 Å². The third kappa shape index (κ3) is 3.85. The Hall–Kier alpha value is -1.36. The molecule has 92 valence electrons. The Labute approximate surface area is 105 Å². The molecule has 5 nitrogen and oxygen atoms in total. The molecule has 1 aromatic rings. The van der Waals surface area contributed by atoms with Crippen molar-refractivity contribution in [3.63, 3.8) is 0 Å². The van der Waals surface area contributed by atoms with Crippen LogP contribution < -0.4 is 10.6 Å². The second kappa shape index (κ2) is 5.31. The summed E-state index contributed by atoms with van der Waals surface area (Å²) in [4.78, 5) is 19.3. The van der Waals surface area contributed by atoms with Gasteiger partial charge in [0.1, 0.15) is 5.82 Å². The van der Waals surface area contributed by atoms with Crippen molar-refractivity contribution in [2.75, 3.05) is 18.4 Å². The smallest absolute Gasteiger partial charge is 0.224 e. The van der Waals surface area contributed by atoms with Gasteiger partial charge < -0.3 is 10.6 Å². The van der Waals surface area contributed by atoms with Crippen LogP contribution in [0.25, 0.3) is 0 Å². The molecule has 1 amide bonds. The summed E-state index contributed by atoms with van der Waals surface area (Å²) in [6, 6.07) is 1.81. The number of nitrogens with one attached hydrogen (secondary N) is 2. The number of aryl methyl sites for hydroxylation is 1. The molecule has 1 fully saturated rings. The van der Waals surface area contributed by atoms with Gasteiger partial charge in [0, 0.05) is 30.8 Å². The van der Waals surface area contributed by atoms with Crippen LogP contribution >= 0.6 is 11.6 Å². The first-order valence-electron chi connectivity index (χ1n) is 5.68. The van der Waals surface area contributed by atoms with E-state index in [4.69, 9.17) is 11.6 Å². The van der Waals surface area contributed by atoms with Gasteiger partial charge in [0.2, 0.25) is 11.2 Å². The van der Waals surface area contributed by atoms with E-state index in [-0.39, 0.29) is 17.1 Å². The molecule has 6 heteroatoms. The van der Waals surface area contributed by atoms with Crippen LogP contribution in [-0.2, 0) is 4.79 Å². The fraction of sp³-hybridized carbons (Fsp3) is 0.545. The van der Waals surface area contributed by atoms with Gasteiger partial charge in [-0.2, -0.15) is 0 Å². The summed E-state index contributed by atoms with van der Waals surface area (Å²) >= 11 is 5.73. The average Bonchev–Trinajstić information content (AvgIpc) is 3.06. The molecule has 2 N–H and O–H groups in total. The maximum absolute atomic E-state index is 11.3. The Kier molecular flexibility index (Phi) is 3.78. The molecule has 1 heterocycles. The predicted octanol–water partition coefficient (Wildman–Crippen LogP) is 1.38. The van der Waals surface area contributed by atoms with Crippen molar-refractivity contribution >= 4 is 23.3 Å². The Morgan fingerprint density at radius 2 is 2.24 bits per heavy atom. The molecule has 0 atom stereocenters. The van der Waals surface area contributed by atoms with E-state index in [0.29, 0.717) is 18.9 Å². The molecular formula is C11H15ClN4O. The lowest BCUT2D eigenvalue weighted by Gasteiger charge is -2.07. The summed E-state index contributed by atoms with van der Waals surface area (Å²) in [5.41, 5.74) is 0.814. The number of carbonyl (C=O) groups excluding carboxylic acids is 1. The molecule has 0 bridgehead atoms. The summed E-state index contributed by atoms with van der Waals surface area (Å²) in [6.45, 7) is 3.08. The highest BCUT2D eigenvalue weighted by molar-refractivity contribution is 6.28. The molecule has 1 aromatic heterocycles. The van der Waals surface area contributed by atoms with Crippen molar-refractivity contribution < 1.29 is 4.79 Å². The molecular weight excluding hydrogens is 240 g/mol. The SMILES string of the molecule is Cc1cc(NCCNC(=O)C2CC2)nc(Cl)n1. The van der Waals surface area contributed by atoms with Gasteiger partial charge in [0.05, 0.1) is 0 Å². The van der Waals surface area contributed by atoms with Crippen molar-refractivity contribution in [2.45, 2.75) is 19.8 Å². The molecule has 1 saturated carbocycles. The molecule has 0 saturated heterocycles. The summed E-state index contributed by atoms with van der Waals surface area (Å²) in [5.74, 6) is 1.10. The normalized spacial score (nSPS) is 14.5. The van der Waals surface area contributed by atoms with E-state index in [9.17, 15) is 4.79 Å². The molecule has 1 aliphatic rings. The highest BCUT2D eigenvalue weighted by atomic mass is 35.5. The van der Waals surface area contributed by atoms with Crippen LogP contribution in [0.4, 0.5) is 5.82 Å².